The summed E-state index contributed by atoms with van der Waals surface area (Å²) in [4.78, 5) is 13.6. The number of aryl methyl sites for hydroxylation is 3. The lowest BCUT2D eigenvalue weighted by molar-refractivity contribution is 0.0685. The van der Waals surface area contributed by atoms with Crippen LogP contribution in [0.2, 0.25) is 5.02 Å². The maximum absolute atomic E-state index is 14.3. The van der Waals surface area contributed by atoms with E-state index in [-0.39, 0.29) is 11.5 Å². The average Bonchev–Trinajstić information content (AvgIpc) is 3.55. The second-order valence-corrected chi connectivity index (χ2v) is 14.0. The standard InChI is InChI=1S/C36H37ClFN5O3S2/c1-5-39-43(6-2)26-17-31-32(37)12-11-30-29(35(36(44)45)41(3)34(30)31)8-7-13-46-33-18-27(15-22-14-23(38)9-10-28(22)33)48-21-25-16-24(19-47-20-26)40-42(25)4/h5,9-12,14-18H,6-8,13,19-21H2,1-4H3,(H,44,45)/b26-17+,39-5+. The van der Waals surface area contributed by atoms with Gasteiger partial charge in [-0.05, 0) is 86.2 Å². The SMILES string of the molecule is C/C=N/N(CC)/C1=C/c2c(Cl)ccc3c(c(C(=O)O)n(C)c23)CCCOc2cc(cc3cc(F)ccc23)SCc2cc(nn2C)CSC1. The van der Waals surface area contributed by atoms with Gasteiger partial charge in [-0.25, -0.2) is 9.18 Å². The van der Waals surface area contributed by atoms with Gasteiger partial charge in [0.1, 0.15) is 17.3 Å². The maximum Gasteiger partial charge on any atom is 0.352 e. The molecular weight excluding hydrogens is 669 g/mol. The molecule has 0 atom stereocenters. The van der Waals surface area contributed by atoms with Gasteiger partial charge in [-0.1, -0.05) is 17.7 Å². The van der Waals surface area contributed by atoms with Crippen molar-refractivity contribution in [2.75, 3.05) is 18.9 Å². The molecule has 0 saturated heterocycles. The first-order valence-electron chi connectivity index (χ1n) is 15.8. The third kappa shape index (κ3) is 6.95. The Morgan fingerprint density at radius 3 is 2.73 bits per heavy atom. The monoisotopic (exact) mass is 705 g/mol. The predicted molar refractivity (Wildman–Crippen MR) is 196 cm³/mol. The van der Waals surface area contributed by atoms with Crippen molar-refractivity contribution < 1.29 is 19.0 Å². The van der Waals surface area contributed by atoms with Crippen molar-refractivity contribution in [3.05, 3.63) is 93.3 Å². The van der Waals surface area contributed by atoms with Crippen LogP contribution < -0.4 is 4.74 Å². The zero-order valence-electron chi connectivity index (χ0n) is 27.3. The topological polar surface area (TPSA) is 84.9 Å². The van der Waals surface area contributed by atoms with Gasteiger partial charge in [-0.15, -0.1) is 23.5 Å². The average molecular weight is 706 g/mol. The number of carboxylic acid groups (broad SMARTS) is 1. The van der Waals surface area contributed by atoms with Gasteiger partial charge in [0.05, 0.1) is 17.8 Å². The molecule has 1 aliphatic heterocycles. The first kappa shape index (κ1) is 34.0. The van der Waals surface area contributed by atoms with Gasteiger partial charge in [-0.2, -0.15) is 10.2 Å². The Hall–Kier alpha value is -3.93. The van der Waals surface area contributed by atoms with E-state index in [1.807, 2.05) is 60.9 Å². The third-order valence-electron chi connectivity index (χ3n) is 8.44. The highest BCUT2D eigenvalue weighted by Crippen LogP contribution is 2.37. The van der Waals surface area contributed by atoms with E-state index in [1.165, 1.54) is 12.1 Å². The molecule has 250 valence electrons. The number of hydrogen-bond acceptors (Lipinski definition) is 7. The summed E-state index contributed by atoms with van der Waals surface area (Å²) >= 11 is 10.3. The van der Waals surface area contributed by atoms with Crippen molar-refractivity contribution in [1.82, 2.24) is 19.4 Å². The molecule has 0 fully saturated rings. The zero-order chi connectivity index (χ0) is 33.9. The Bertz CT molecular complexity index is 2070. The molecular formula is C36H37ClFN5O3S2. The lowest BCUT2D eigenvalue weighted by Gasteiger charge is -2.21. The van der Waals surface area contributed by atoms with Gasteiger partial charge < -0.3 is 14.4 Å². The zero-order valence-corrected chi connectivity index (χ0v) is 29.7. The van der Waals surface area contributed by atoms with Crippen molar-refractivity contribution in [3.8, 4) is 5.75 Å². The van der Waals surface area contributed by atoms with E-state index >= 15 is 0 Å². The van der Waals surface area contributed by atoms with Gasteiger partial charge >= 0.3 is 5.97 Å². The second-order valence-electron chi connectivity index (χ2n) is 11.5. The molecule has 8 bridgehead atoms. The number of benzene rings is 3. The number of fused-ring (bicyclic) bond motifs is 6. The molecule has 8 nitrogen and oxygen atoms in total. The number of nitrogens with zero attached hydrogens (tertiary/aromatic N) is 5. The molecule has 0 aliphatic carbocycles. The van der Waals surface area contributed by atoms with E-state index in [2.05, 4.69) is 11.2 Å². The van der Waals surface area contributed by atoms with Crippen LogP contribution in [0.1, 0.15) is 53.3 Å². The Kier molecular flexibility index (Phi) is 10.4. The quantitative estimate of drug-likeness (QED) is 0.148. The van der Waals surface area contributed by atoms with E-state index in [4.69, 9.17) is 21.4 Å². The van der Waals surface area contributed by atoms with Gasteiger partial charge in [0.2, 0.25) is 0 Å². The number of aromatic carboxylic acids is 1. The molecule has 0 amide bonds. The minimum atomic E-state index is -1.00. The molecule has 48 heavy (non-hydrogen) atoms. The Morgan fingerprint density at radius 1 is 1.15 bits per heavy atom. The smallest absolute Gasteiger partial charge is 0.352 e. The number of carboxylic acids is 1. The van der Waals surface area contributed by atoms with Crippen LogP contribution in [-0.4, -0.2) is 55.6 Å². The number of ether oxygens (including phenoxy) is 1. The highest BCUT2D eigenvalue weighted by atomic mass is 35.5. The van der Waals surface area contributed by atoms with E-state index in [1.54, 1.807) is 47.4 Å². The van der Waals surface area contributed by atoms with Crippen LogP contribution in [0.25, 0.3) is 27.8 Å². The van der Waals surface area contributed by atoms with Gasteiger partial charge in [-0.3, -0.25) is 9.69 Å². The fraction of sp³-hybridized carbons (Fsp3) is 0.306. The Balaban J connectivity index is 1.47. The molecule has 5 aromatic rings. The summed E-state index contributed by atoms with van der Waals surface area (Å²) in [5.41, 5.74) is 5.46. The van der Waals surface area contributed by atoms with E-state index < -0.39 is 5.97 Å². The number of thioether (sulfide) groups is 2. The summed E-state index contributed by atoms with van der Waals surface area (Å²) in [5.74, 6) is 1.37. The van der Waals surface area contributed by atoms with Crippen molar-refractivity contribution in [2.45, 2.75) is 43.1 Å². The first-order chi connectivity index (χ1) is 23.2. The molecule has 0 saturated carbocycles. The van der Waals surface area contributed by atoms with Crippen molar-refractivity contribution >= 4 is 75.1 Å². The number of hydrazone groups is 1. The van der Waals surface area contributed by atoms with Crippen LogP contribution in [0.15, 0.2) is 64.2 Å². The molecule has 1 aliphatic rings. The minimum absolute atomic E-state index is 0.226. The molecule has 6 rings (SSSR count). The van der Waals surface area contributed by atoms with Crippen LogP contribution in [0.5, 0.6) is 5.75 Å². The van der Waals surface area contributed by atoms with Crippen LogP contribution in [0.4, 0.5) is 4.39 Å². The van der Waals surface area contributed by atoms with Gasteiger partial charge in [0.25, 0.3) is 0 Å². The highest BCUT2D eigenvalue weighted by molar-refractivity contribution is 7.98. The molecule has 3 heterocycles. The molecule has 0 unspecified atom stereocenters. The summed E-state index contributed by atoms with van der Waals surface area (Å²) < 4.78 is 24.3. The summed E-state index contributed by atoms with van der Waals surface area (Å²) in [5, 5.41) is 24.7. The number of aromatic nitrogens is 3. The van der Waals surface area contributed by atoms with Crippen LogP contribution >= 0.6 is 35.1 Å². The maximum atomic E-state index is 14.3. The molecule has 1 N–H and O–H groups in total. The molecule has 2 aromatic heterocycles. The third-order valence-corrected chi connectivity index (χ3v) is 10.8. The van der Waals surface area contributed by atoms with E-state index in [0.717, 1.165) is 54.8 Å². The van der Waals surface area contributed by atoms with E-state index in [0.29, 0.717) is 54.0 Å². The second kappa shape index (κ2) is 14.7. The summed E-state index contributed by atoms with van der Waals surface area (Å²) in [6, 6.07) is 14.6. The number of halogens is 2. The molecule has 0 radical (unpaired) electrons. The van der Waals surface area contributed by atoms with Crippen molar-refractivity contribution in [2.24, 2.45) is 19.2 Å². The van der Waals surface area contributed by atoms with Gasteiger partial charge in [0.15, 0.2) is 0 Å². The fourth-order valence-corrected chi connectivity index (χ4v) is 8.34. The lowest BCUT2D eigenvalue weighted by Crippen LogP contribution is -2.18. The minimum Gasteiger partial charge on any atom is -0.493 e. The summed E-state index contributed by atoms with van der Waals surface area (Å²) in [6.45, 7) is 4.93. The largest absolute Gasteiger partial charge is 0.493 e. The number of hydrogen-bond donors (Lipinski definition) is 1. The fourth-order valence-electron chi connectivity index (χ4n) is 6.26. The summed E-state index contributed by atoms with van der Waals surface area (Å²) in [6.07, 6.45) is 4.86. The molecule has 0 spiro atoms. The lowest BCUT2D eigenvalue weighted by atomic mass is 10.0. The predicted octanol–water partition coefficient (Wildman–Crippen LogP) is 8.77. The van der Waals surface area contributed by atoms with Crippen LogP contribution in [-0.2, 0) is 32.0 Å². The Labute approximate surface area is 292 Å². The number of rotatable bonds is 4. The summed E-state index contributed by atoms with van der Waals surface area (Å²) in [7, 11) is 3.73. The van der Waals surface area contributed by atoms with Crippen LogP contribution in [0.3, 0.4) is 0 Å². The van der Waals surface area contributed by atoms with E-state index in [9.17, 15) is 14.3 Å². The number of carbonyl (C=O) groups is 1. The molecule has 3 aromatic carbocycles. The van der Waals surface area contributed by atoms with Crippen molar-refractivity contribution in [1.29, 1.82) is 0 Å². The van der Waals surface area contributed by atoms with Crippen LogP contribution in [0, 0.1) is 5.82 Å². The first-order valence-corrected chi connectivity index (χ1v) is 18.3. The Morgan fingerprint density at radius 2 is 1.96 bits per heavy atom. The molecule has 12 heteroatoms. The normalized spacial score (nSPS) is 15.8. The highest BCUT2D eigenvalue weighted by Gasteiger charge is 2.24. The van der Waals surface area contributed by atoms with Gasteiger partial charge in [0, 0.05) is 81.8 Å². The van der Waals surface area contributed by atoms with Crippen molar-refractivity contribution in [3.63, 3.8) is 0 Å².